The molecule has 1 fully saturated rings. The predicted molar refractivity (Wildman–Crippen MR) is 198 cm³/mol. The minimum Gasteiger partial charge on any atom is -0.383 e. The van der Waals surface area contributed by atoms with E-state index in [1.807, 2.05) is 0 Å². The van der Waals surface area contributed by atoms with Gasteiger partial charge in [-0.25, -0.2) is 8.78 Å². The van der Waals surface area contributed by atoms with Crippen LogP contribution < -0.4 is 5.43 Å². The molecule has 6 nitrogen and oxygen atoms in total. The first-order valence-electron chi connectivity index (χ1n) is 27.0. The number of amides is 1. The van der Waals surface area contributed by atoms with Gasteiger partial charge in [0.25, 0.3) is 0 Å². The first kappa shape index (κ1) is 18.2. The molecule has 53 heavy (non-hydrogen) atoms. The van der Waals surface area contributed by atoms with Gasteiger partial charge in [-0.3, -0.25) is 9.59 Å². The number of rotatable bonds is 12. The van der Waals surface area contributed by atoms with Crippen LogP contribution in [-0.2, 0) is 34.5 Å². The average Bonchev–Trinajstić information content (AvgIpc) is 3.28. The molecule has 0 atom stereocenters. The summed E-state index contributed by atoms with van der Waals surface area (Å²) in [7, 11) is -3.92. The SMILES string of the molecule is [2H]c1c(C)c([2H])c2c(=O)c([2H])c(SC([2H])([2H])c3cccc(F)c3F)n(CC(=O)N(C([2H])([2H])c3ccc(-c4ccc(C(F)(F)F)cc4)cc3)C3([2H])C([2H])([2H])C([2H])([2H])N(C([2H])([2H])C([2H])([2H])OC([2H])([2H])[2H])C([2H])([2H])C3([2H])[2H])c2c1[2H]. The normalized spacial score (nSPS) is 26.5. The maximum atomic E-state index is 15.6. The number of benzene rings is 4. The van der Waals surface area contributed by atoms with Crippen LogP contribution in [0.25, 0.3) is 22.0 Å². The molecule has 1 aliphatic heterocycles. The van der Waals surface area contributed by atoms with Crippen LogP contribution in [0.5, 0.6) is 0 Å². The van der Waals surface area contributed by atoms with Crippen LogP contribution in [0.2, 0.25) is 0 Å². The van der Waals surface area contributed by atoms with E-state index in [4.69, 9.17) is 23.3 Å². The Morgan fingerprint density at radius 1 is 1.06 bits per heavy atom. The summed E-state index contributed by atoms with van der Waals surface area (Å²) in [6, 6.07) is -0.168. The summed E-state index contributed by atoms with van der Waals surface area (Å²) in [5.74, 6) is -5.70. The van der Waals surface area contributed by atoms with Crippen molar-refractivity contribution >= 4 is 28.6 Å². The molecule has 0 aliphatic carbocycles. The third kappa shape index (κ3) is 9.17. The van der Waals surface area contributed by atoms with Crippen LogP contribution in [0, 0.1) is 18.6 Å². The van der Waals surface area contributed by atoms with Crippen molar-refractivity contribution in [3.63, 3.8) is 0 Å². The van der Waals surface area contributed by atoms with Crippen LogP contribution in [0.1, 0.15) is 67.9 Å². The number of likely N-dealkylation sites (tertiary alicyclic amines) is 1. The van der Waals surface area contributed by atoms with Gasteiger partial charge in [0.05, 0.1) is 39.1 Å². The number of piperidine rings is 1. The van der Waals surface area contributed by atoms with E-state index in [0.717, 1.165) is 55.5 Å². The second-order valence-corrected chi connectivity index (χ2v) is 11.6. The van der Waals surface area contributed by atoms with E-state index >= 15 is 9.18 Å². The van der Waals surface area contributed by atoms with Gasteiger partial charge in [0.2, 0.25) is 5.91 Å². The van der Waals surface area contributed by atoms with Crippen molar-refractivity contribution < 1.29 is 64.4 Å². The van der Waals surface area contributed by atoms with Crippen molar-refractivity contribution in [2.45, 2.75) is 55.6 Å². The number of nitrogens with zero attached hydrogens (tertiary/aromatic N) is 3. The first-order chi connectivity index (χ1) is 34.6. The van der Waals surface area contributed by atoms with Gasteiger partial charge in [-0.15, -0.1) is 11.8 Å². The number of hydrogen-bond acceptors (Lipinski definition) is 5. The lowest BCUT2D eigenvalue weighted by molar-refractivity contribution is -0.137. The fourth-order valence-corrected chi connectivity index (χ4v) is 5.56. The zero-order chi connectivity index (χ0) is 58.9. The summed E-state index contributed by atoms with van der Waals surface area (Å²) in [6.07, 6.45) is -14.5. The van der Waals surface area contributed by atoms with E-state index in [1.54, 1.807) is 0 Å². The highest BCUT2D eigenvalue weighted by Crippen LogP contribution is 2.32. The number of thioether (sulfide) groups is 1. The van der Waals surface area contributed by atoms with E-state index in [-0.39, 0.29) is 27.5 Å². The molecule has 0 N–H and O–H groups in total. The molecule has 1 aromatic heterocycles. The fourth-order valence-electron chi connectivity index (χ4n) is 4.79. The third-order valence-corrected chi connectivity index (χ3v) is 8.15. The standard InChI is InChI=1S/C41H40F5N3O3S/c1-27-6-15-36-34(22-27)37(50)23-39(53-26-31-4-3-5-35(42)40(31)43)49(36)25-38(51)48(33-16-18-47(19-17-33)20-21-52-2)24-28-7-9-29(10-8-28)30-11-13-32(14-12-30)41(44,45)46/h3-15,22-23,33H,16-21,24-26H2,1-2H3/i2D3,6D,15D,16D2,17D2,18D2,19D2,20D2,21D2,22D,23D,24D2,26D2,33D. The molecule has 2 heterocycles. The second-order valence-electron chi connectivity index (χ2n) is 10.8. The number of aromatic nitrogens is 1. The molecule has 278 valence electrons. The van der Waals surface area contributed by atoms with Crippen molar-refractivity contribution in [3.8, 4) is 11.1 Å². The monoisotopic (exact) mass is 773 g/mol. The molecule has 6 rings (SSSR count). The number of carbonyl (C=O) groups excluding carboxylic acids is 1. The summed E-state index contributed by atoms with van der Waals surface area (Å²) in [6.45, 7) is -23.6. The number of halogens is 5. The largest absolute Gasteiger partial charge is 0.416 e. The Morgan fingerprint density at radius 3 is 2.43 bits per heavy atom. The molecular weight excluding hydrogens is 710 g/mol. The van der Waals surface area contributed by atoms with E-state index in [1.165, 1.54) is 0 Å². The fraction of sp³-hybridized carbons (Fsp3) is 0.317. The number of ether oxygens (including phenoxy) is 1. The molecule has 1 saturated heterocycles. The van der Waals surface area contributed by atoms with E-state index in [9.17, 15) is 32.0 Å². The minimum atomic E-state index is -4.89. The van der Waals surface area contributed by atoms with Gasteiger partial charge in [0.1, 0.15) is 6.54 Å². The van der Waals surface area contributed by atoms with Crippen molar-refractivity contribution in [1.82, 2.24) is 14.4 Å². The highest BCUT2D eigenvalue weighted by Gasteiger charge is 2.31. The van der Waals surface area contributed by atoms with Gasteiger partial charge >= 0.3 is 6.18 Å². The lowest BCUT2D eigenvalue weighted by Gasteiger charge is -2.39. The molecule has 0 spiro atoms. The van der Waals surface area contributed by atoms with Crippen LogP contribution in [0.4, 0.5) is 22.0 Å². The molecular formula is C41H40F5N3O3S. The zero-order valence-corrected chi connectivity index (χ0v) is 27.7. The predicted octanol–water partition coefficient (Wildman–Crippen LogP) is 8.71. The van der Waals surface area contributed by atoms with Crippen LogP contribution in [-0.4, -0.2) is 59.4 Å². The molecule has 1 aliphatic rings. The highest BCUT2D eigenvalue weighted by molar-refractivity contribution is 7.98. The van der Waals surface area contributed by atoms with E-state index in [0.29, 0.717) is 18.2 Å². The molecule has 0 radical (unpaired) electrons. The molecule has 5 aromatic rings. The van der Waals surface area contributed by atoms with Crippen LogP contribution in [0.3, 0.4) is 0 Å². The maximum Gasteiger partial charge on any atom is 0.416 e. The average molecular weight is 774 g/mol. The molecule has 4 aromatic carbocycles. The minimum absolute atomic E-state index is 0.00296. The molecule has 0 bridgehead atoms. The smallest absolute Gasteiger partial charge is 0.383 e. The van der Waals surface area contributed by atoms with Gasteiger partial charge in [0, 0.05) is 78.2 Å². The summed E-state index contributed by atoms with van der Waals surface area (Å²) < 4.78 is 285. The Balaban J connectivity index is 1.71. The summed E-state index contributed by atoms with van der Waals surface area (Å²) in [5, 5.41) is -2.16. The molecule has 1 amide bonds. The molecule has 12 heteroatoms. The van der Waals surface area contributed by atoms with Crippen molar-refractivity contribution in [2.75, 3.05) is 33.1 Å². The Kier molecular flexibility index (Phi) is 5.72. The second kappa shape index (κ2) is 16.7. The number of fused-ring (bicyclic) bond motifs is 1. The van der Waals surface area contributed by atoms with Gasteiger partial charge in [-0.1, -0.05) is 60.1 Å². The maximum absolute atomic E-state index is 15.6. The summed E-state index contributed by atoms with van der Waals surface area (Å²) in [5.41, 5.74) is -9.41. The number of pyridine rings is 1. The summed E-state index contributed by atoms with van der Waals surface area (Å²) >= 11 is -0.351. The summed E-state index contributed by atoms with van der Waals surface area (Å²) in [4.78, 5) is 27.8. The van der Waals surface area contributed by atoms with Crippen LogP contribution >= 0.6 is 11.8 Å². The van der Waals surface area contributed by atoms with E-state index in [2.05, 4.69) is 4.74 Å². The van der Waals surface area contributed by atoms with Gasteiger partial charge in [-0.2, -0.15) is 13.2 Å². The van der Waals surface area contributed by atoms with Crippen molar-refractivity contribution in [1.29, 1.82) is 0 Å². The Bertz CT molecular complexity index is 3200. The third-order valence-electron chi connectivity index (χ3n) is 7.31. The van der Waals surface area contributed by atoms with Crippen molar-refractivity contribution in [3.05, 3.63) is 135 Å². The van der Waals surface area contributed by atoms with Gasteiger partial charge < -0.3 is 19.1 Å². The number of carbonyl (C=O) groups is 1. The quantitative estimate of drug-likeness (QED) is 0.0939. The van der Waals surface area contributed by atoms with E-state index < -0.39 is 172 Å². The zero-order valence-electron chi connectivity index (χ0n) is 50.9. The Labute approximate surface area is 342 Å². The van der Waals surface area contributed by atoms with Crippen molar-refractivity contribution in [2.24, 2.45) is 0 Å². The van der Waals surface area contributed by atoms with Gasteiger partial charge in [0.15, 0.2) is 17.1 Å². The lowest BCUT2D eigenvalue weighted by Crippen LogP contribution is -2.48. The molecule has 0 saturated carbocycles. The number of hydrogen-bond donors (Lipinski definition) is 0. The lowest BCUT2D eigenvalue weighted by atomic mass is 10.00. The topological polar surface area (TPSA) is 54.8 Å². The van der Waals surface area contributed by atoms with Crippen LogP contribution in [0.15, 0.2) is 101 Å². The van der Waals surface area contributed by atoms with Gasteiger partial charge in [-0.05, 0) is 66.6 Å². The Hall–Kier alpha value is -4.52. The molecule has 0 unspecified atom stereocenters. The number of methoxy groups -OCH3 is 1. The number of alkyl halides is 3. The Morgan fingerprint density at radius 2 is 1.75 bits per heavy atom. The highest BCUT2D eigenvalue weighted by atomic mass is 32.2. The first-order valence-corrected chi connectivity index (χ1v) is 15.8.